The number of anilines is 2. The van der Waals surface area contributed by atoms with Crippen LogP contribution < -0.4 is 15.5 Å². The highest BCUT2D eigenvalue weighted by Crippen LogP contribution is 2.22. The SMILES string of the molecule is Cc1cc(CNC(=O)Nc2ccc(N3CCOCC3)nc2)cc(C)c1O. The van der Waals surface area contributed by atoms with Crippen LogP contribution in [0.25, 0.3) is 0 Å². The van der Waals surface area contributed by atoms with Crippen LogP contribution >= 0.6 is 0 Å². The highest BCUT2D eigenvalue weighted by atomic mass is 16.5. The van der Waals surface area contributed by atoms with Crippen molar-refractivity contribution in [3.05, 3.63) is 47.2 Å². The summed E-state index contributed by atoms with van der Waals surface area (Å²) in [5.74, 6) is 1.18. The third kappa shape index (κ3) is 4.43. The minimum absolute atomic E-state index is 0.296. The van der Waals surface area contributed by atoms with Gasteiger partial charge in [-0.05, 0) is 42.7 Å². The number of aromatic nitrogens is 1. The molecular formula is C19H24N4O3. The fraction of sp³-hybridized carbons (Fsp3) is 0.368. The number of nitrogens with one attached hydrogen (secondary N) is 2. The van der Waals surface area contributed by atoms with E-state index in [0.29, 0.717) is 31.2 Å². The van der Waals surface area contributed by atoms with Gasteiger partial charge in [0, 0.05) is 19.6 Å². The first-order valence-corrected chi connectivity index (χ1v) is 8.65. The second-order valence-electron chi connectivity index (χ2n) is 6.39. The summed E-state index contributed by atoms with van der Waals surface area (Å²) in [6.45, 7) is 7.13. The van der Waals surface area contributed by atoms with Crippen LogP contribution in [0.3, 0.4) is 0 Å². The number of phenolic OH excluding ortho intramolecular Hbond substituents is 1. The molecule has 0 saturated carbocycles. The van der Waals surface area contributed by atoms with Gasteiger partial charge in [-0.15, -0.1) is 0 Å². The van der Waals surface area contributed by atoms with Gasteiger partial charge in [-0.1, -0.05) is 12.1 Å². The van der Waals surface area contributed by atoms with Crippen LogP contribution in [0, 0.1) is 13.8 Å². The molecule has 2 aromatic rings. The third-order valence-electron chi connectivity index (χ3n) is 4.34. The highest BCUT2D eigenvalue weighted by molar-refractivity contribution is 5.89. The molecule has 3 N–H and O–H groups in total. The molecule has 1 aliphatic rings. The Morgan fingerprint density at radius 3 is 2.54 bits per heavy atom. The van der Waals surface area contributed by atoms with Crippen LogP contribution in [0.1, 0.15) is 16.7 Å². The lowest BCUT2D eigenvalue weighted by Crippen LogP contribution is -2.36. The Labute approximate surface area is 153 Å². The van der Waals surface area contributed by atoms with Gasteiger partial charge in [0.1, 0.15) is 11.6 Å². The number of amides is 2. The smallest absolute Gasteiger partial charge is 0.319 e. The van der Waals surface area contributed by atoms with E-state index in [9.17, 15) is 9.90 Å². The Morgan fingerprint density at radius 1 is 1.23 bits per heavy atom. The normalized spacial score (nSPS) is 14.2. The third-order valence-corrected chi connectivity index (χ3v) is 4.34. The summed E-state index contributed by atoms with van der Waals surface area (Å²) in [5.41, 5.74) is 3.17. The molecule has 2 amide bonds. The molecule has 1 aliphatic heterocycles. The fourth-order valence-electron chi connectivity index (χ4n) is 2.94. The molecule has 7 nitrogen and oxygen atoms in total. The van der Waals surface area contributed by atoms with Crippen LogP contribution in [0.2, 0.25) is 0 Å². The molecular weight excluding hydrogens is 332 g/mol. The fourth-order valence-corrected chi connectivity index (χ4v) is 2.94. The van der Waals surface area contributed by atoms with Gasteiger partial charge in [-0.3, -0.25) is 0 Å². The van der Waals surface area contributed by atoms with Crippen LogP contribution in [0.5, 0.6) is 5.75 Å². The lowest BCUT2D eigenvalue weighted by Gasteiger charge is -2.27. The average molecular weight is 356 g/mol. The van der Waals surface area contributed by atoms with Gasteiger partial charge < -0.3 is 25.4 Å². The molecule has 0 aliphatic carbocycles. The van der Waals surface area contributed by atoms with E-state index < -0.39 is 0 Å². The first kappa shape index (κ1) is 18.0. The standard InChI is InChI=1S/C19H24N4O3/c1-13-9-15(10-14(2)18(13)24)11-21-19(25)22-16-3-4-17(20-12-16)23-5-7-26-8-6-23/h3-4,9-10,12,24H,5-8,11H2,1-2H3,(H2,21,22,25). The van der Waals surface area contributed by atoms with Gasteiger partial charge in [0.2, 0.25) is 0 Å². The maximum absolute atomic E-state index is 12.1. The number of phenols is 1. The summed E-state index contributed by atoms with van der Waals surface area (Å²) in [7, 11) is 0. The maximum Gasteiger partial charge on any atom is 0.319 e. The van der Waals surface area contributed by atoms with Crippen LogP contribution in [-0.4, -0.2) is 42.4 Å². The van der Waals surface area contributed by atoms with E-state index in [1.807, 2.05) is 38.1 Å². The van der Waals surface area contributed by atoms with Crippen molar-refractivity contribution in [3.63, 3.8) is 0 Å². The van der Waals surface area contributed by atoms with Gasteiger partial charge in [-0.25, -0.2) is 9.78 Å². The quantitative estimate of drug-likeness (QED) is 0.784. The van der Waals surface area contributed by atoms with Crippen molar-refractivity contribution in [1.29, 1.82) is 0 Å². The molecule has 3 rings (SSSR count). The number of hydrogen-bond donors (Lipinski definition) is 3. The lowest BCUT2D eigenvalue weighted by molar-refractivity contribution is 0.122. The van der Waals surface area contributed by atoms with E-state index in [-0.39, 0.29) is 6.03 Å². The van der Waals surface area contributed by atoms with Gasteiger partial charge in [-0.2, -0.15) is 0 Å². The second kappa shape index (κ2) is 8.05. The van der Waals surface area contributed by atoms with E-state index >= 15 is 0 Å². The molecule has 2 heterocycles. The molecule has 0 radical (unpaired) electrons. The zero-order valence-corrected chi connectivity index (χ0v) is 15.1. The molecule has 26 heavy (non-hydrogen) atoms. The summed E-state index contributed by atoms with van der Waals surface area (Å²) in [6.07, 6.45) is 1.65. The Bertz CT molecular complexity index is 748. The number of rotatable bonds is 4. The second-order valence-corrected chi connectivity index (χ2v) is 6.39. The zero-order valence-electron chi connectivity index (χ0n) is 15.1. The number of carbonyl (C=O) groups excluding carboxylic acids is 1. The summed E-state index contributed by atoms with van der Waals surface area (Å²) in [4.78, 5) is 18.6. The van der Waals surface area contributed by atoms with E-state index in [0.717, 1.165) is 35.6 Å². The van der Waals surface area contributed by atoms with Crippen LogP contribution in [0.15, 0.2) is 30.5 Å². The first-order chi connectivity index (χ1) is 12.5. The molecule has 0 bridgehead atoms. The minimum atomic E-state index is -0.297. The molecule has 1 fully saturated rings. The summed E-state index contributed by atoms with van der Waals surface area (Å²) < 4.78 is 5.33. The van der Waals surface area contributed by atoms with Gasteiger partial charge >= 0.3 is 6.03 Å². The monoisotopic (exact) mass is 356 g/mol. The molecule has 1 aromatic heterocycles. The van der Waals surface area contributed by atoms with Crippen molar-refractivity contribution < 1.29 is 14.6 Å². The number of nitrogens with zero attached hydrogens (tertiary/aromatic N) is 2. The lowest BCUT2D eigenvalue weighted by atomic mass is 10.1. The summed E-state index contributed by atoms with van der Waals surface area (Å²) in [5, 5.41) is 15.4. The number of ether oxygens (including phenoxy) is 1. The summed E-state index contributed by atoms with van der Waals surface area (Å²) in [6, 6.07) is 7.16. The highest BCUT2D eigenvalue weighted by Gasteiger charge is 2.12. The maximum atomic E-state index is 12.1. The molecule has 7 heteroatoms. The van der Waals surface area contributed by atoms with E-state index in [2.05, 4.69) is 20.5 Å². The summed E-state index contributed by atoms with van der Waals surface area (Å²) >= 11 is 0. The molecule has 138 valence electrons. The number of urea groups is 1. The molecule has 0 atom stereocenters. The zero-order chi connectivity index (χ0) is 18.5. The number of aromatic hydroxyl groups is 1. The Balaban J connectivity index is 1.53. The van der Waals surface area contributed by atoms with Crippen molar-refractivity contribution in [2.24, 2.45) is 0 Å². The predicted octanol–water partition coefficient (Wildman–Crippen LogP) is 2.56. The number of pyridine rings is 1. The number of aryl methyl sites for hydroxylation is 2. The van der Waals surface area contributed by atoms with Crippen molar-refractivity contribution in [1.82, 2.24) is 10.3 Å². The minimum Gasteiger partial charge on any atom is -0.507 e. The van der Waals surface area contributed by atoms with Crippen molar-refractivity contribution >= 4 is 17.5 Å². The van der Waals surface area contributed by atoms with Crippen molar-refractivity contribution in [2.45, 2.75) is 20.4 Å². The Kier molecular flexibility index (Phi) is 5.58. The molecule has 0 spiro atoms. The largest absolute Gasteiger partial charge is 0.507 e. The Hall–Kier alpha value is -2.80. The van der Waals surface area contributed by atoms with Gasteiger partial charge in [0.15, 0.2) is 0 Å². The van der Waals surface area contributed by atoms with Crippen LogP contribution in [0.4, 0.5) is 16.3 Å². The molecule has 1 aromatic carbocycles. The van der Waals surface area contributed by atoms with Crippen molar-refractivity contribution in [3.8, 4) is 5.75 Å². The van der Waals surface area contributed by atoms with Crippen LogP contribution in [-0.2, 0) is 11.3 Å². The number of morpholine rings is 1. The molecule has 1 saturated heterocycles. The van der Waals surface area contributed by atoms with E-state index in [1.165, 1.54) is 0 Å². The topological polar surface area (TPSA) is 86.7 Å². The Morgan fingerprint density at radius 2 is 1.92 bits per heavy atom. The number of hydrogen-bond acceptors (Lipinski definition) is 5. The van der Waals surface area contributed by atoms with Crippen molar-refractivity contribution in [2.75, 3.05) is 36.5 Å². The van der Waals surface area contributed by atoms with E-state index in [4.69, 9.17) is 4.74 Å². The van der Waals surface area contributed by atoms with Gasteiger partial charge in [0.05, 0.1) is 25.1 Å². The predicted molar refractivity (Wildman–Crippen MR) is 101 cm³/mol. The average Bonchev–Trinajstić information content (AvgIpc) is 2.65. The first-order valence-electron chi connectivity index (χ1n) is 8.65. The number of benzene rings is 1. The number of carbonyl (C=O) groups is 1. The van der Waals surface area contributed by atoms with Gasteiger partial charge in [0.25, 0.3) is 0 Å². The molecule has 0 unspecified atom stereocenters. The van der Waals surface area contributed by atoms with E-state index in [1.54, 1.807) is 6.20 Å².